The Labute approximate surface area is 133 Å². The number of aliphatic hydroxyl groups is 1. The zero-order valence-electron chi connectivity index (χ0n) is 11.7. The number of Topliss-reactive ketones (excluding diaryl/α,β-unsaturated/α-hetero) is 2. The predicted molar refractivity (Wildman–Crippen MR) is 78.9 cm³/mol. The number of ketones is 2. The molecule has 0 spiro atoms. The average molecular weight is 329 g/mol. The van der Waals surface area contributed by atoms with Crippen molar-refractivity contribution in [2.45, 2.75) is 50.5 Å². The first-order valence-corrected chi connectivity index (χ1v) is 8.46. The molecule has 0 amide bonds. The summed E-state index contributed by atoms with van der Waals surface area (Å²) in [5, 5.41) is 10.2. The molecule has 4 saturated carbocycles. The molecule has 5 aliphatic carbocycles. The Kier molecular flexibility index (Phi) is 2.94. The smallest absolute Gasteiger partial charge is 0.212 e. The number of rotatable bonds is 3. The quantitative estimate of drug-likeness (QED) is 0.865. The maximum atomic E-state index is 12.9. The fourth-order valence-electron chi connectivity index (χ4n) is 5.53. The molecular weight excluding hydrogens is 311 g/mol. The van der Waals surface area contributed by atoms with E-state index in [1.807, 2.05) is 0 Å². The van der Waals surface area contributed by atoms with Crippen LogP contribution in [0.4, 0.5) is 0 Å². The van der Waals surface area contributed by atoms with Crippen LogP contribution in [0.15, 0.2) is 10.1 Å². The Bertz CT molecular complexity index is 545. The van der Waals surface area contributed by atoms with Crippen molar-refractivity contribution < 1.29 is 14.7 Å². The van der Waals surface area contributed by atoms with Crippen LogP contribution in [-0.4, -0.2) is 22.3 Å². The summed E-state index contributed by atoms with van der Waals surface area (Å²) in [7, 11) is 0. The third-order valence-electron chi connectivity index (χ3n) is 6.18. The molecule has 0 radical (unpaired) electrons. The van der Waals surface area contributed by atoms with Crippen LogP contribution < -0.4 is 0 Å². The number of carbonyl (C=O) groups excluding carboxylic acids is 2. The molecule has 21 heavy (non-hydrogen) atoms. The van der Waals surface area contributed by atoms with Crippen LogP contribution in [0, 0.1) is 23.2 Å². The monoisotopic (exact) mass is 328 g/mol. The van der Waals surface area contributed by atoms with Crippen molar-refractivity contribution in [2.75, 3.05) is 0 Å². The lowest BCUT2D eigenvalue weighted by Gasteiger charge is -2.56. The summed E-state index contributed by atoms with van der Waals surface area (Å²) in [5.41, 5.74) is -2.16. The number of halogens is 2. The zero-order valence-corrected chi connectivity index (χ0v) is 13.2. The van der Waals surface area contributed by atoms with Crippen LogP contribution in [0.25, 0.3) is 0 Å². The van der Waals surface area contributed by atoms with Gasteiger partial charge in [-0.3, -0.25) is 9.59 Å². The highest BCUT2D eigenvalue weighted by molar-refractivity contribution is 6.56. The first-order chi connectivity index (χ1) is 9.84. The summed E-state index contributed by atoms with van der Waals surface area (Å²) in [5.74, 6) is 1.37. The van der Waals surface area contributed by atoms with E-state index in [-0.39, 0.29) is 27.7 Å². The third kappa shape index (κ3) is 1.83. The molecule has 4 bridgehead atoms. The minimum Gasteiger partial charge on any atom is -0.375 e. The second-order valence-electron chi connectivity index (χ2n) is 7.62. The molecule has 5 rings (SSSR count). The van der Waals surface area contributed by atoms with Crippen LogP contribution in [0.2, 0.25) is 0 Å². The summed E-state index contributed by atoms with van der Waals surface area (Å²) in [4.78, 5) is 24.6. The molecule has 0 aromatic carbocycles. The molecule has 3 nitrogen and oxygen atoms in total. The first-order valence-electron chi connectivity index (χ1n) is 7.70. The predicted octanol–water partition coefficient (Wildman–Crippen LogP) is 3.17. The van der Waals surface area contributed by atoms with E-state index >= 15 is 0 Å². The largest absolute Gasteiger partial charge is 0.375 e. The van der Waals surface area contributed by atoms with Gasteiger partial charge in [0.15, 0.2) is 5.60 Å². The molecule has 5 aliphatic rings. The maximum absolute atomic E-state index is 12.9. The second-order valence-corrected chi connectivity index (χ2v) is 8.37. The summed E-state index contributed by atoms with van der Waals surface area (Å²) >= 11 is 11.5. The van der Waals surface area contributed by atoms with Crippen LogP contribution in [0.3, 0.4) is 0 Å². The van der Waals surface area contributed by atoms with Crippen molar-refractivity contribution in [2.24, 2.45) is 23.2 Å². The molecule has 0 saturated heterocycles. The lowest BCUT2D eigenvalue weighted by Crippen LogP contribution is -2.55. The van der Waals surface area contributed by atoms with Gasteiger partial charge in [0.05, 0.1) is 5.03 Å². The maximum Gasteiger partial charge on any atom is 0.212 e. The van der Waals surface area contributed by atoms with Gasteiger partial charge in [0.2, 0.25) is 5.78 Å². The van der Waals surface area contributed by atoms with Gasteiger partial charge >= 0.3 is 0 Å². The van der Waals surface area contributed by atoms with Crippen molar-refractivity contribution >= 4 is 34.8 Å². The molecule has 1 atom stereocenters. The third-order valence-corrected chi connectivity index (χ3v) is 7.14. The Morgan fingerprint density at radius 2 is 1.57 bits per heavy atom. The van der Waals surface area contributed by atoms with Crippen LogP contribution in [0.5, 0.6) is 0 Å². The first kappa shape index (κ1) is 14.2. The second kappa shape index (κ2) is 4.33. The van der Waals surface area contributed by atoms with Gasteiger partial charge in [-0.2, -0.15) is 0 Å². The van der Waals surface area contributed by atoms with Gasteiger partial charge < -0.3 is 5.11 Å². The summed E-state index contributed by atoms with van der Waals surface area (Å²) in [6.45, 7) is 0. The number of hydrogen-bond acceptors (Lipinski definition) is 3. The number of hydrogen-bond donors (Lipinski definition) is 1. The van der Waals surface area contributed by atoms with Crippen LogP contribution in [-0.2, 0) is 9.59 Å². The molecule has 5 heteroatoms. The molecule has 1 N–H and O–H groups in total. The minimum absolute atomic E-state index is 0.0137. The topological polar surface area (TPSA) is 54.4 Å². The van der Waals surface area contributed by atoms with Gasteiger partial charge in [-0.05, 0) is 56.3 Å². The average Bonchev–Trinajstić information content (AvgIpc) is 2.43. The fourth-order valence-corrected chi connectivity index (χ4v) is 6.08. The van der Waals surface area contributed by atoms with E-state index in [1.165, 1.54) is 19.3 Å². The summed E-state index contributed by atoms with van der Waals surface area (Å²) in [6.07, 6.45) is 6.34. The summed E-state index contributed by atoms with van der Waals surface area (Å²) < 4.78 is 0. The van der Waals surface area contributed by atoms with E-state index in [2.05, 4.69) is 0 Å². The number of carbonyl (C=O) groups is 2. The Morgan fingerprint density at radius 1 is 1.10 bits per heavy atom. The highest BCUT2D eigenvalue weighted by Gasteiger charge is 2.59. The van der Waals surface area contributed by atoms with Gasteiger partial charge in [-0.1, -0.05) is 23.2 Å². The van der Waals surface area contributed by atoms with Gasteiger partial charge in [0.1, 0.15) is 10.8 Å². The van der Waals surface area contributed by atoms with E-state index in [1.54, 1.807) is 0 Å². The van der Waals surface area contributed by atoms with Crippen molar-refractivity contribution in [3.8, 4) is 0 Å². The Hall–Kier alpha value is -0.380. The van der Waals surface area contributed by atoms with Gasteiger partial charge in [0.25, 0.3) is 0 Å². The van der Waals surface area contributed by atoms with Crippen LogP contribution in [0.1, 0.15) is 44.9 Å². The van der Waals surface area contributed by atoms with Crippen molar-refractivity contribution in [3.05, 3.63) is 10.1 Å². The summed E-state index contributed by atoms with van der Waals surface area (Å²) in [6, 6.07) is 0. The minimum atomic E-state index is -1.85. The zero-order chi connectivity index (χ0) is 15.0. The van der Waals surface area contributed by atoms with Gasteiger partial charge in [0, 0.05) is 11.8 Å². The van der Waals surface area contributed by atoms with E-state index < -0.39 is 11.4 Å². The molecule has 114 valence electrons. The molecule has 0 aliphatic heterocycles. The molecule has 0 aromatic rings. The highest BCUT2D eigenvalue weighted by atomic mass is 35.5. The Balaban J connectivity index is 1.58. The van der Waals surface area contributed by atoms with E-state index in [4.69, 9.17) is 23.2 Å². The van der Waals surface area contributed by atoms with Gasteiger partial charge in [-0.25, -0.2) is 0 Å². The lowest BCUT2D eigenvalue weighted by atomic mass is 9.48. The van der Waals surface area contributed by atoms with E-state index in [9.17, 15) is 14.7 Å². The molecule has 0 heterocycles. The molecular formula is C16H18Cl2O3. The standard InChI is InChI=1S/C16H18Cl2O3/c17-12-13(18)16(21,14(12)20)7-11(19)15-4-8-1-9(5-15)3-10(2-8)6-15/h8-10,21H,1-7H2. The lowest BCUT2D eigenvalue weighted by molar-refractivity contribution is -0.152. The van der Waals surface area contributed by atoms with E-state index in [0.29, 0.717) is 17.8 Å². The van der Waals surface area contributed by atoms with E-state index in [0.717, 1.165) is 19.3 Å². The van der Waals surface area contributed by atoms with Crippen molar-refractivity contribution in [3.63, 3.8) is 0 Å². The molecule has 0 aromatic heterocycles. The Morgan fingerprint density at radius 3 is 2.00 bits per heavy atom. The highest BCUT2D eigenvalue weighted by Crippen LogP contribution is 2.61. The van der Waals surface area contributed by atoms with Crippen molar-refractivity contribution in [1.29, 1.82) is 0 Å². The molecule has 1 unspecified atom stereocenters. The SMILES string of the molecule is O=C(CC1(O)C(=O)C(Cl)=C1Cl)C12CC3CC(CC(C3)C1)C2. The van der Waals surface area contributed by atoms with Crippen molar-refractivity contribution in [1.82, 2.24) is 0 Å². The normalized spacial score (nSPS) is 47.8. The fraction of sp³-hybridized carbons (Fsp3) is 0.750. The molecule has 4 fully saturated rings. The van der Waals surface area contributed by atoms with Gasteiger partial charge in [-0.15, -0.1) is 0 Å². The van der Waals surface area contributed by atoms with Crippen LogP contribution >= 0.6 is 23.2 Å².